The zero-order chi connectivity index (χ0) is 27.1. The van der Waals surface area contributed by atoms with Crippen molar-refractivity contribution in [3.8, 4) is 0 Å². The van der Waals surface area contributed by atoms with Gasteiger partial charge < -0.3 is 25.4 Å². The Morgan fingerprint density at radius 1 is 1.10 bits per heavy atom. The molecule has 3 aliphatic rings. The molecular formula is C28H29ClFN7O2. The first-order valence-corrected chi connectivity index (χ1v) is 13.6. The lowest BCUT2D eigenvalue weighted by Crippen LogP contribution is -2.43. The van der Waals surface area contributed by atoms with Crippen LogP contribution in [0.25, 0.3) is 11.6 Å². The third-order valence-electron chi connectivity index (χ3n) is 7.70. The number of rotatable bonds is 6. The summed E-state index contributed by atoms with van der Waals surface area (Å²) in [5, 5.41) is 5.87. The summed E-state index contributed by atoms with van der Waals surface area (Å²) >= 11 is 5.94. The summed E-state index contributed by atoms with van der Waals surface area (Å²) < 4.78 is 13.6. The number of H-pyrrole nitrogens is 1. The Morgan fingerprint density at radius 2 is 1.92 bits per heavy atom. The van der Waals surface area contributed by atoms with Crippen LogP contribution in [0.15, 0.2) is 24.5 Å². The highest BCUT2D eigenvalue weighted by Crippen LogP contribution is 2.38. The molecule has 6 rings (SSSR count). The van der Waals surface area contributed by atoms with Gasteiger partial charge in [0.1, 0.15) is 23.8 Å². The van der Waals surface area contributed by atoms with Crippen LogP contribution in [0, 0.1) is 12.7 Å². The Hall–Kier alpha value is -3.76. The van der Waals surface area contributed by atoms with Crippen LogP contribution in [-0.2, 0) is 11.2 Å². The topological polar surface area (TPSA) is 106 Å². The second-order valence-electron chi connectivity index (χ2n) is 10.2. The molecule has 0 spiro atoms. The molecule has 39 heavy (non-hydrogen) atoms. The number of halogens is 2. The Labute approximate surface area is 230 Å². The maximum Gasteiger partial charge on any atom is 0.257 e. The summed E-state index contributed by atoms with van der Waals surface area (Å²) in [7, 11) is 0. The Kier molecular flexibility index (Phi) is 6.82. The van der Waals surface area contributed by atoms with E-state index in [9.17, 15) is 14.0 Å². The van der Waals surface area contributed by atoms with E-state index in [1.54, 1.807) is 6.08 Å². The smallest absolute Gasteiger partial charge is 0.257 e. The van der Waals surface area contributed by atoms with Crippen molar-refractivity contribution in [1.29, 1.82) is 0 Å². The minimum atomic E-state index is -0.529. The fraction of sp³-hybridized carbons (Fsp3) is 0.357. The van der Waals surface area contributed by atoms with E-state index in [0.29, 0.717) is 46.3 Å². The molecule has 3 aromatic rings. The molecule has 0 aliphatic carbocycles. The fourth-order valence-corrected chi connectivity index (χ4v) is 5.76. The third-order valence-corrected chi connectivity index (χ3v) is 7.99. The number of benzene rings is 1. The highest BCUT2D eigenvalue weighted by atomic mass is 35.5. The molecule has 202 valence electrons. The molecule has 0 atom stereocenters. The van der Waals surface area contributed by atoms with Gasteiger partial charge in [-0.15, -0.1) is 0 Å². The van der Waals surface area contributed by atoms with Crippen LogP contribution in [0.4, 0.5) is 21.7 Å². The molecular weight excluding hydrogens is 521 g/mol. The second-order valence-corrected chi connectivity index (χ2v) is 10.6. The predicted octanol–water partition coefficient (Wildman–Crippen LogP) is 4.63. The monoisotopic (exact) mass is 549 g/mol. The van der Waals surface area contributed by atoms with Gasteiger partial charge in [-0.1, -0.05) is 18.0 Å². The van der Waals surface area contributed by atoms with Gasteiger partial charge in [-0.3, -0.25) is 9.59 Å². The highest BCUT2D eigenvalue weighted by molar-refractivity contribution is 6.35. The number of nitrogens with one attached hydrogen (secondary N) is 3. The molecule has 2 aromatic heterocycles. The van der Waals surface area contributed by atoms with Gasteiger partial charge in [-0.05, 0) is 62.7 Å². The van der Waals surface area contributed by atoms with Gasteiger partial charge in [0.15, 0.2) is 0 Å². The molecule has 3 aliphatic heterocycles. The van der Waals surface area contributed by atoms with Gasteiger partial charge in [0, 0.05) is 43.1 Å². The van der Waals surface area contributed by atoms with Crippen molar-refractivity contribution in [2.24, 2.45) is 0 Å². The van der Waals surface area contributed by atoms with E-state index in [4.69, 9.17) is 11.6 Å². The number of hydrogen-bond acceptors (Lipinski definition) is 6. The molecule has 1 fully saturated rings. The van der Waals surface area contributed by atoms with Crippen LogP contribution >= 0.6 is 11.6 Å². The quantitative estimate of drug-likeness (QED) is 0.387. The lowest BCUT2D eigenvalue weighted by Gasteiger charge is -2.32. The van der Waals surface area contributed by atoms with E-state index in [-0.39, 0.29) is 16.8 Å². The van der Waals surface area contributed by atoms with E-state index in [1.165, 1.54) is 43.8 Å². The van der Waals surface area contributed by atoms with Gasteiger partial charge >= 0.3 is 0 Å². The number of aromatic amines is 1. The summed E-state index contributed by atoms with van der Waals surface area (Å²) in [5.74, 6) is -0.0839. The number of fused-ring (bicyclic) bond motifs is 2. The van der Waals surface area contributed by atoms with E-state index in [1.807, 2.05) is 11.8 Å². The molecule has 0 bridgehead atoms. The predicted molar refractivity (Wildman–Crippen MR) is 149 cm³/mol. The molecule has 1 saturated heterocycles. The minimum Gasteiger partial charge on any atom is -0.358 e. The van der Waals surface area contributed by atoms with Crippen molar-refractivity contribution < 1.29 is 14.0 Å². The Morgan fingerprint density at radius 3 is 2.72 bits per heavy atom. The van der Waals surface area contributed by atoms with Crippen molar-refractivity contribution >= 4 is 52.4 Å². The van der Waals surface area contributed by atoms with E-state index in [2.05, 4.69) is 30.5 Å². The van der Waals surface area contributed by atoms with Crippen LogP contribution in [0.1, 0.15) is 52.1 Å². The molecule has 9 nitrogen and oxygen atoms in total. The Balaban J connectivity index is 1.28. The number of carbonyl (C=O) groups excluding carboxylic acids is 2. The van der Waals surface area contributed by atoms with Crippen molar-refractivity contribution in [3.63, 3.8) is 0 Å². The number of nitrogens with zero attached hydrogens (tertiary/aromatic N) is 4. The number of hydrogen-bond donors (Lipinski definition) is 3. The summed E-state index contributed by atoms with van der Waals surface area (Å²) in [6, 6.07) is 4.24. The van der Waals surface area contributed by atoms with E-state index < -0.39 is 5.82 Å². The third kappa shape index (κ3) is 4.90. The Bertz CT molecular complexity index is 1500. The van der Waals surface area contributed by atoms with Gasteiger partial charge in [-0.25, -0.2) is 14.4 Å². The largest absolute Gasteiger partial charge is 0.358 e. The first kappa shape index (κ1) is 25.5. The van der Waals surface area contributed by atoms with E-state index in [0.717, 1.165) is 43.9 Å². The molecule has 11 heteroatoms. The second kappa shape index (κ2) is 10.4. The number of amides is 2. The molecule has 1 aromatic carbocycles. The number of carbonyl (C=O) groups is 2. The summed E-state index contributed by atoms with van der Waals surface area (Å²) in [6.45, 7) is 6.39. The highest BCUT2D eigenvalue weighted by Gasteiger charge is 2.32. The molecule has 3 N–H and O–H groups in total. The van der Waals surface area contributed by atoms with Crippen LogP contribution < -0.4 is 10.6 Å². The number of piperidine rings is 1. The van der Waals surface area contributed by atoms with Crippen molar-refractivity contribution in [3.05, 3.63) is 63.4 Å². The minimum absolute atomic E-state index is 0.0295. The lowest BCUT2D eigenvalue weighted by atomic mass is 10.0. The first-order valence-electron chi connectivity index (χ1n) is 13.2. The summed E-state index contributed by atoms with van der Waals surface area (Å²) in [6.07, 6.45) is 7.55. The molecule has 5 heterocycles. The van der Waals surface area contributed by atoms with Crippen molar-refractivity contribution in [2.45, 2.75) is 32.6 Å². The van der Waals surface area contributed by atoms with Gasteiger partial charge in [-0.2, -0.15) is 0 Å². The van der Waals surface area contributed by atoms with Crippen molar-refractivity contribution in [1.82, 2.24) is 24.8 Å². The number of anilines is 3. The number of aromatic nitrogens is 3. The standard InChI is InChI=1S/C28H29ClFN7O2/c1-16-22(34-21-7-10-37(28(39)23(16)21)12-11-36-8-3-2-4-9-36)14-18-24-25(31-15-32-26(24)35-27(18)38)33-17-5-6-20(30)19(29)13-17/h5-6,13-15,34H,2-4,7-12H2,1H3,(H2,31,32,33,35,38)/b18-14-. The lowest BCUT2D eigenvalue weighted by molar-refractivity contribution is -0.110. The van der Waals surface area contributed by atoms with Crippen molar-refractivity contribution in [2.75, 3.05) is 43.4 Å². The maximum atomic E-state index is 13.6. The fourth-order valence-electron chi connectivity index (χ4n) is 5.58. The summed E-state index contributed by atoms with van der Waals surface area (Å²) in [5.41, 5.74) is 4.45. The van der Waals surface area contributed by atoms with Gasteiger partial charge in [0.05, 0.1) is 21.7 Å². The van der Waals surface area contributed by atoms with E-state index >= 15 is 0 Å². The van der Waals surface area contributed by atoms with Crippen LogP contribution in [0.3, 0.4) is 0 Å². The van der Waals surface area contributed by atoms with Crippen LogP contribution in [0.2, 0.25) is 5.02 Å². The summed E-state index contributed by atoms with van der Waals surface area (Å²) in [4.78, 5) is 42.8. The molecule has 0 radical (unpaired) electrons. The van der Waals surface area contributed by atoms with Gasteiger partial charge in [0.25, 0.3) is 11.8 Å². The SMILES string of the molecule is Cc1c(/C=C2\C(=O)Nc3ncnc(Nc4ccc(F)c(Cl)c4)c32)[nH]c2c1C(=O)N(CCN1CCCCC1)CC2. The molecule has 0 saturated carbocycles. The molecule has 0 unspecified atom stereocenters. The van der Waals surface area contributed by atoms with Gasteiger partial charge in [0.2, 0.25) is 0 Å². The average Bonchev–Trinajstić information content (AvgIpc) is 3.43. The number of likely N-dealkylation sites (tertiary alicyclic amines) is 1. The van der Waals surface area contributed by atoms with Crippen LogP contribution in [-0.4, -0.2) is 69.3 Å². The van der Waals surface area contributed by atoms with Crippen LogP contribution in [0.5, 0.6) is 0 Å². The normalized spacial score (nSPS) is 18.3. The first-order chi connectivity index (χ1) is 18.9. The zero-order valence-electron chi connectivity index (χ0n) is 21.6. The zero-order valence-corrected chi connectivity index (χ0v) is 22.4. The molecule has 2 amide bonds. The average molecular weight is 550 g/mol. The maximum absolute atomic E-state index is 13.6.